The van der Waals surface area contributed by atoms with Crippen LogP contribution in [0.1, 0.15) is 38.3 Å². The Labute approximate surface area is 118 Å². The van der Waals surface area contributed by atoms with Crippen LogP contribution in [0.2, 0.25) is 0 Å². The average molecular weight is 272 g/mol. The van der Waals surface area contributed by atoms with Crippen molar-refractivity contribution in [2.45, 2.75) is 32.6 Å². The number of rotatable bonds is 3. The number of aromatic nitrogens is 4. The molecule has 0 aromatic carbocycles. The molecule has 3 N–H and O–H groups in total. The van der Waals surface area contributed by atoms with Gasteiger partial charge in [-0.2, -0.15) is 10.1 Å². The number of nitrogens with zero attached hydrogens (tertiary/aromatic N) is 4. The van der Waals surface area contributed by atoms with E-state index in [1.54, 1.807) is 0 Å². The Kier molecular flexibility index (Phi) is 3.30. The van der Waals surface area contributed by atoms with Gasteiger partial charge in [0.15, 0.2) is 0 Å². The number of hydrogen-bond donors (Lipinski definition) is 2. The molecule has 0 unspecified atom stereocenters. The number of anilines is 2. The second kappa shape index (κ2) is 5.11. The molecule has 0 atom stereocenters. The SMILES string of the molecule is CC(C)c1[nH]ncc1-c1cc(N2CCCC2)nc(N)n1. The first-order valence-electron chi connectivity index (χ1n) is 7.08. The summed E-state index contributed by atoms with van der Waals surface area (Å²) in [5.74, 6) is 1.60. The minimum Gasteiger partial charge on any atom is -0.368 e. The van der Waals surface area contributed by atoms with Crippen LogP contribution < -0.4 is 10.6 Å². The average Bonchev–Trinajstić information content (AvgIpc) is 3.09. The summed E-state index contributed by atoms with van der Waals surface area (Å²) in [6.07, 6.45) is 4.23. The summed E-state index contributed by atoms with van der Waals surface area (Å²) in [6, 6.07) is 2.01. The lowest BCUT2D eigenvalue weighted by Gasteiger charge is -2.17. The maximum absolute atomic E-state index is 5.88. The molecule has 20 heavy (non-hydrogen) atoms. The molecule has 0 saturated carbocycles. The van der Waals surface area contributed by atoms with Crippen LogP contribution in [0.3, 0.4) is 0 Å². The normalized spacial score (nSPS) is 15.2. The van der Waals surface area contributed by atoms with Crippen molar-refractivity contribution in [2.75, 3.05) is 23.7 Å². The zero-order valence-corrected chi connectivity index (χ0v) is 11.9. The summed E-state index contributed by atoms with van der Waals surface area (Å²) in [6.45, 7) is 6.34. The molecule has 1 fully saturated rings. The van der Waals surface area contributed by atoms with Gasteiger partial charge in [-0.05, 0) is 18.8 Å². The molecule has 3 heterocycles. The lowest BCUT2D eigenvalue weighted by atomic mass is 10.0. The number of nitrogens with one attached hydrogen (secondary N) is 1. The van der Waals surface area contributed by atoms with Crippen LogP contribution in [-0.2, 0) is 0 Å². The molecule has 106 valence electrons. The van der Waals surface area contributed by atoms with E-state index in [1.807, 2.05) is 12.3 Å². The summed E-state index contributed by atoms with van der Waals surface area (Å²) in [5, 5.41) is 7.18. The van der Waals surface area contributed by atoms with Gasteiger partial charge in [0.2, 0.25) is 5.95 Å². The second-order valence-corrected chi connectivity index (χ2v) is 5.52. The first kappa shape index (κ1) is 12.9. The van der Waals surface area contributed by atoms with Crippen LogP contribution in [0.5, 0.6) is 0 Å². The van der Waals surface area contributed by atoms with E-state index in [-0.39, 0.29) is 0 Å². The van der Waals surface area contributed by atoms with Gasteiger partial charge in [-0.25, -0.2) is 4.98 Å². The van der Waals surface area contributed by atoms with E-state index in [0.717, 1.165) is 35.9 Å². The summed E-state index contributed by atoms with van der Waals surface area (Å²) in [5.41, 5.74) is 8.81. The molecule has 0 bridgehead atoms. The van der Waals surface area contributed by atoms with Gasteiger partial charge in [0.1, 0.15) is 5.82 Å². The highest BCUT2D eigenvalue weighted by Crippen LogP contribution is 2.29. The maximum Gasteiger partial charge on any atom is 0.222 e. The summed E-state index contributed by atoms with van der Waals surface area (Å²) < 4.78 is 0. The van der Waals surface area contributed by atoms with Crippen LogP contribution in [0.15, 0.2) is 12.3 Å². The highest BCUT2D eigenvalue weighted by Gasteiger charge is 2.18. The van der Waals surface area contributed by atoms with Crippen molar-refractivity contribution < 1.29 is 0 Å². The van der Waals surface area contributed by atoms with Crippen molar-refractivity contribution in [2.24, 2.45) is 0 Å². The van der Waals surface area contributed by atoms with Crippen molar-refractivity contribution >= 4 is 11.8 Å². The van der Waals surface area contributed by atoms with Gasteiger partial charge in [0.25, 0.3) is 0 Å². The molecule has 3 rings (SSSR count). The highest BCUT2D eigenvalue weighted by atomic mass is 15.2. The van der Waals surface area contributed by atoms with Crippen molar-refractivity contribution in [3.05, 3.63) is 18.0 Å². The standard InChI is InChI=1S/C14H20N6/c1-9(2)13-10(8-16-19-13)11-7-12(18-14(15)17-11)20-5-3-4-6-20/h7-9H,3-6H2,1-2H3,(H,16,19)(H2,15,17,18). The van der Waals surface area contributed by atoms with E-state index in [2.05, 4.69) is 38.9 Å². The van der Waals surface area contributed by atoms with Crippen LogP contribution in [0.25, 0.3) is 11.3 Å². The third kappa shape index (κ3) is 2.33. The van der Waals surface area contributed by atoms with Crippen molar-refractivity contribution in [3.8, 4) is 11.3 Å². The molecule has 0 amide bonds. The summed E-state index contributed by atoms with van der Waals surface area (Å²) in [7, 11) is 0. The quantitative estimate of drug-likeness (QED) is 0.894. The van der Waals surface area contributed by atoms with Crippen LogP contribution in [0, 0.1) is 0 Å². The molecule has 0 spiro atoms. The molecule has 1 aliphatic heterocycles. The van der Waals surface area contributed by atoms with Gasteiger partial charge in [-0.15, -0.1) is 0 Å². The number of hydrogen-bond acceptors (Lipinski definition) is 5. The summed E-state index contributed by atoms with van der Waals surface area (Å²) >= 11 is 0. The minimum atomic E-state index is 0.320. The van der Waals surface area contributed by atoms with Crippen molar-refractivity contribution in [1.82, 2.24) is 20.2 Å². The van der Waals surface area contributed by atoms with E-state index in [1.165, 1.54) is 12.8 Å². The Morgan fingerprint density at radius 2 is 2.00 bits per heavy atom. The van der Waals surface area contributed by atoms with E-state index in [9.17, 15) is 0 Å². The molecule has 0 aliphatic carbocycles. The molecular weight excluding hydrogens is 252 g/mol. The Morgan fingerprint density at radius 3 is 2.70 bits per heavy atom. The first-order chi connectivity index (χ1) is 9.65. The predicted molar refractivity (Wildman–Crippen MR) is 79.6 cm³/mol. The Balaban J connectivity index is 2.02. The molecule has 2 aromatic rings. The van der Waals surface area contributed by atoms with Gasteiger partial charge in [-0.3, -0.25) is 5.10 Å². The van der Waals surface area contributed by atoms with Crippen LogP contribution in [0.4, 0.5) is 11.8 Å². The zero-order chi connectivity index (χ0) is 14.1. The minimum absolute atomic E-state index is 0.320. The van der Waals surface area contributed by atoms with Crippen LogP contribution >= 0.6 is 0 Å². The molecule has 1 saturated heterocycles. The van der Waals surface area contributed by atoms with E-state index in [4.69, 9.17) is 5.73 Å². The molecular formula is C14H20N6. The Morgan fingerprint density at radius 1 is 1.25 bits per heavy atom. The largest absolute Gasteiger partial charge is 0.368 e. The van der Waals surface area contributed by atoms with Gasteiger partial charge in [0.05, 0.1) is 11.9 Å². The van der Waals surface area contributed by atoms with Crippen molar-refractivity contribution in [1.29, 1.82) is 0 Å². The van der Waals surface area contributed by atoms with Crippen molar-refractivity contribution in [3.63, 3.8) is 0 Å². The van der Waals surface area contributed by atoms with Gasteiger partial charge >= 0.3 is 0 Å². The molecule has 6 nitrogen and oxygen atoms in total. The number of H-pyrrole nitrogens is 1. The Hall–Kier alpha value is -2.11. The van der Waals surface area contributed by atoms with Gasteiger partial charge in [-0.1, -0.05) is 13.8 Å². The lowest BCUT2D eigenvalue weighted by Crippen LogP contribution is -2.19. The number of nitrogen functional groups attached to an aromatic ring is 1. The molecule has 0 radical (unpaired) electrons. The second-order valence-electron chi connectivity index (χ2n) is 5.52. The fraction of sp³-hybridized carbons (Fsp3) is 0.500. The fourth-order valence-corrected chi connectivity index (χ4v) is 2.64. The third-order valence-electron chi connectivity index (χ3n) is 3.68. The van der Waals surface area contributed by atoms with E-state index < -0.39 is 0 Å². The third-order valence-corrected chi connectivity index (χ3v) is 3.68. The van der Waals surface area contributed by atoms with Crippen LogP contribution in [-0.4, -0.2) is 33.3 Å². The Bertz CT molecular complexity index is 597. The summed E-state index contributed by atoms with van der Waals surface area (Å²) in [4.78, 5) is 11.0. The number of aromatic amines is 1. The van der Waals surface area contributed by atoms with Gasteiger partial charge < -0.3 is 10.6 Å². The molecule has 1 aliphatic rings. The monoisotopic (exact) mass is 272 g/mol. The van der Waals surface area contributed by atoms with Gasteiger partial charge in [0, 0.05) is 30.4 Å². The lowest BCUT2D eigenvalue weighted by molar-refractivity contribution is 0.811. The van der Waals surface area contributed by atoms with E-state index >= 15 is 0 Å². The fourth-order valence-electron chi connectivity index (χ4n) is 2.64. The number of nitrogens with two attached hydrogens (primary N) is 1. The maximum atomic E-state index is 5.88. The molecule has 2 aromatic heterocycles. The topological polar surface area (TPSA) is 83.7 Å². The predicted octanol–water partition coefficient (Wildman–Crippen LogP) is 2.17. The zero-order valence-electron chi connectivity index (χ0n) is 11.9. The van der Waals surface area contributed by atoms with E-state index in [0.29, 0.717) is 11.9 Å². The molecule has 6 heteroatoms. The smallest absolute Gasteiger partial charge is 0.222 e. The highest BCUT2D eigenvalue weighted by molar-refractivity contribution is 5.66. The first-order valence-corrected chi connectivity index (χ1v) is 7.08.